The maximum atomic E-state index is 4.85. The Kier molecular flexibility index (Phi) is 32.2. The summed E-state index contributed by atoms with van der Waals surface area (Å²) >= 11 is 0. The van der Waals surface area contributed by atoms with Crippen LogP contribution in [-0.4, -0.2) is 13.7 Å². The van der Waals surface area contributed by atoms with Crippen LogP contribution in [0.4, 0.5) is 0 Å². The van der Waals surface area contributed by atoms with Gasteiger partial charge in [-0.05, 0) is 12.3 Å². The van der Waals surface area contributed by atoms with Gasteiger partial charge in [-0.2, -0.15) is 0 Å². The van der Waals surface area contributed by atoms with Gasteiger partial charge in [0.25, 0.3) is 0 Å². The molecule has 0 spiro atoms. The van der Waals surface area contributed by atoms with Crippen LogP contribution in [0.1, 0.15) is 67.2 Å². The summed E-state index contributed by atoms with van der Waals surface area (Å²) in [6.45, 7) is 13.7. The molecule has 0 rings (SSSR count). The van der Waals surface area contributed by atoms with E-state index in [1.54, 1.807) is 7.11 Å². The zero-order valence-electron chi connectivity index (χ0n) is 11.5. The summed E-state index contributed by atoms with van der Waals surface area (Å²) in [6.07, 6.45) is 5.25. The Balaban J connectivity index is -0.000000152. The smallest absolute Gasteiger partial charge is 0.0464 e. The number of ether oxygens (including phenoxy) is 1. The van der Waals surface area contributed by atoms with Gasteiger partial charge in [0.05, 0.1) is 0 Å². The van der Waals surface area contributed by atoms with E-state index in [1.165, 1.54) is 25.7 Å². The average molecular weight is 204 g/mol. The van der Waals surface area contributed by atoms with Crippen LogP contribution in [0.25, 0.3) is 0 Å². The predicted octanol–water partition coefficient (Wildman–Crippen LogP) is 4.90. The number of methoxy groups -OCH3 is 1. The van der Waals surface area contributed by atoms with Crippen LogP contribution in [0, 0.1) is 5.92 Å². The molecule has 0 fully saturated rings. The van der Waals surface area contributed by atoms with Crippen LogP contribution in [-0.2, 0) is 4.74 Å². The van der Waals surface area contributed by atoms with E-state index in [2.05, 4.69) is 27.7 Å². The minimum Gasteiger partial charge on any atom is -0.385 e. The van der Waals surface area contributed by atoms with Crippen molar-refractivity contribution in [2.24, 2.45) is 5.92 Å². The SMILES string of the molecule is CC.CCCCC.COCCC(C)C. The van der Waals surface area contributed by atoms with Gasteiger partial charge in [-0.1, -0.05) is 60.8 Å². The number of hydrogen-bond donors (Lipinski definition) is 0. The quantitative estimate of drug-likeness (QED) is 0.619. The fourth-order valence-corrected chi connectivity index (χ4v) is 0.707. The van der Waals surface area contributed by atoms with Gasteiger partial charge in [-0.25, -0.2) is 0 Å². The lowest BCUT2D eigenvalue weighted by Crippen LogP contribution is -1.93. The fourth-order valence-electron chi connectivity index (χ4n) is 0.707. The van der Waals surface area contributed by atoms with Crippen molar-refractivity contribution in [1.29, 1.82) is 0 Å². The van der Waals surface area contributed by atoms with Crippen LogP contribution in [0.3, 0.4) is 0 Å². The molecule has 1 nitrogen and oxygen atoms in total. The van der Waals surface area contributed by atoms with Gasteiger partial charge >= 0.3 is 0 Å². The Bertz CT molecular complexity index is 58.3. The molecule has 0 saturated heterocycles. The molecule has 0 aliphatic heterocycles. The first-order chi connectivity index (χ1) is 6.68. The molecule has 1 heteroatoms. The van der Waals surface area contributed by atoms with Crippen molar-refractivity contribution in [1.82, 2.24) is 0 Å². The Morgan fingerprint density at radius 3 is 1.50 bits per heavy atom. The van der Waals surface area contributed by atoms with Crippen LogP contribution >= 0.6 is 0 Å². The Morgan fingerprint density at radius 2 is 1.43 bits per heavy atom. The highest BCUT2D eigenvalue weighted by molar-refractivity contribution is 4.40. The van der Waals surface area contributed by atoms with Crippen LogP contribution in [0.15, 0.2) is 0 Å². The molecule has 0 saturated carbocycles. The monoisotopic (exact) mass is 204 g/mol. The van der Waals surface area contributed by atoms with E-state index >= 15 is 0 Å². The molecule has 0 aromatic rings. The van der Waals surface area contributed by atoms with E-state index in [1.807, 2.05) is 13.8 Å². The van der Waals surface area contributed by atoms with Gasteiger partial charge in [-0.15, -0.1) is 0 Å². The first-order valence-corrected chi connectivity index (χ1v) is 6.17. The molecular formula is C13H32O. The summed E-state index contributed by atoms with van der Waals surface area (Å²) in [5.41, 5.74) is 0. The molecule has 0 N–H and O–H groups in total. The lowest BCUT2D eigenvalue weighted by molar-refractivity contribution is 0.183. The van der Waals surface area contributed by atoms with Gasteiger partial charge in [0, 0.05) is 13.7 Å². The molecule has 14 heavy (non-hydrogen) atoms. The summed E-state index contributed by atoms with van der Waals surface area (Å²) in [4.78, 5) is 0. The van der Waals surface area contributed by atoms with Gasteiger partial charge in [0.15, 0.2) is 0 Å². The molecule has 0 aliphatic carbocycles. The summed E-state index contributed by atoms with van der Waals surface area (Å²) in [5.74, 6) is 0.778. The van der Waals surface area contributed by atoms with E-state index in [-0.39, 0.29) is 0 Å². The van der Waals surface area contributed by atoms with E-state index in [9.17, 15) is 0 Å². The molecule has 0 heterocycles. The standard InChI is InChI=1S/C6H14O.C5H12.C2H6/c1-6(2)4-5-7-3;1-3-5-4-2;1-2/h6H,4-5H2,1-3H3;3-5H2,1-2H3;1-2H3. The molecule has 0 amide bonds. The van der Waals surface area contributed by atoms with Crippen LogP contribution in [0.2, 0.25) is 0 Å². The molecule has 0 atom stereocenters. The van der Waals surface area contributed by atoms with Crippen molar-refractivity contribution in [3.8, 4) is 0 Å². The first-order valence-electron chi connectivity index (χ1n) is 6.17. The van der Waals surface area contributed by atoms with Crippen molar-refractivity contribution in [3.63, 3.8) is 0 Å². The molecular weight excluding hydrogens is 172 g/mol. The summed E-state index contributed by atoms with van der Waals surface area (Å²) in [6, 6.07) is 0. The molecule has 0 bridgehead atoms. The second-order valence-electron chi connectivity index (χ2n) is 3.53. The zero-order chi connectivity index (χ0) is 11.8. The Morgan fingerprint density at radius 1 is 1.00 bits per heavy atom. The van der Waals surface area contributed by atoms with Crippen molar-refractivity contribution < 1.29 is 4.74 Å². The molecule has 0 radical (unpaired) electrons. The van der Waals surface area contributed by atoms with Gasteiger partial charge in [-0.3, -0.25) is 0 Å². The second kappa shape index (κ2) is 23.1. The fraction of sp³-hybridized carbons (Fsp3) is 1.00. The van der Waals surface area contributed by atoms with Crippen molar-refractivity contribution in [2.45, 2.75) is 67.2 Å². The second-order valence-corrected chi connectivity index (χ2v) is 3.53. The summed E-state index contributed by atoms with van der Waals surface area (Å²) < 4.78 is 4.85. The third-order valence-electron chi connectivity index (χ3n) is 1.61. The maximum Gasteiger partial charge on any atom is 0.0464 e. The number of unbranched alkanes of at least 4 members (excludes halogenated alkanes) is 2. The summed E-state index contributed by atoms with van der Waals surface area (Å²) in [7, 11) is 1.74. The number of rotatable bonds is 5. The highest BCUT2D eigenvalue weighted by atomic mass is 16.5. The van der Waals surface area contributed by atoms with Crippen molar-refractivity contribution in [2.75, 3.05) is 13.7 Å². The molecule has 0 aromatic carbocycles. The van der Waals surface area contributed by atoms with Gasteiger partial charge < -0.3 is 4.74 Å². The van der Waals surface area contributed by atoms with E-state index in [0.29, 0.717) is 0 Å². The topological polar surface area (TPSA) is 9.23 Å². The molecule has 0 aromatic heterocycles. The first kappa shape index (κ1) is 19.5. The zero-order valence-corrected chi connectivity index (χ0v) is 11.5. The average Bonchev–Trinajstić information content (AvgIpc) is 2.20. The summed E-state index contributed by atoms with van der Waals surface area (Å²) in [5, 5.41) is 0. The highest BCUT2D eigenvalue weighted by Crippen LogP contribution is 1.96. The highest BCUT2D eigenvalue weighted by Gasteiger charge is 1.89. The van der Waals surface area contributed by atoms with Crippen LogP contribution < -0.4 is 0 Å². The molecule has 90 valence electrons. The van der Waals surface area contributed by atoms with E-state index < -0.39 is 0 Å². The third kappa shape index (κ3) is 40.4. The molecule has 0 unspecified atom stereocenters. The lowest BCUT2D eigenvalue weighted by Gasteiger charge is -1.99. The number of hydrogen-bond acceptors (Lipinski definition) is 1. The Hall–Kier alpha value is -0.0400. The predicted molar refractivity (Wildman–Crippen MR) is 67.9 cm³/mol. The lowest BCUT2D eigenvalue weighted by atomic mass is 10.1. The van der Waals surface area contributed by atoms with E-state index in [4.69, 9.17) is 4.74 Å². The molecule has 0 aliphatic rings. The van der Waals surface area contributed by atoms with Crippen molar-refractivity contribution >= 4 is 0 Å². The van der Waals surface area contributed by atoms with E-state index in [0.717, 1.165) is 12.5 Å². The largest absolute Gasteiger partial charge is 0.385 e. The minimum atomic E-state index is 0.778. The maximum absolute atomic E-state index is 4.85. The Labute approximate surface area is 92.2 Å². The van der Waals surface area contributed by atoms with Crippen molar-refractivity contribution in [3.05, 3.63) is 0 Å². The minimum absolute atomic E-state index is 0.778. The van der Waals surface area contributed by atoms with Gasteiger partial charge in [0.2, 0.25) is 0 Å². The normalized spacial score (nSPS) is 8.57. The van der Waals surface area contributed by atoms with Crippen LogP contribution in [0.5, 0.6) is 0 Å². The third-order valence-corrected chi connectivity index (χ3v) is 1.61. The van der Waals surface area contributed by atoms with Gasteiger partial charge in [0.1, 0.15) is 0 Å².